The SMILES string of the molecule is Cc1nn(Cc2ccc(Cl)cc2)c2sc(C(=O)NCC(=O)Nc3cccnc3)cc12. The van der Waals surface area contributed by atoms with Crippen molar-refractivity contribution in [1.29, 1.82) is 0 Å². The second-order valence-corrected chi connectivity index (χ2v) is 8.14. The predicted octanol–water partition coefficient (Wildman–Crippen LogP) is 3.87. The van der Waals surface area contributed by atoms with Gasteiger partial charge < -0.3 is 10.6 Å². The largest absolute Gasteiger partial charge is 0.342 e. The van der Waals surface area contributed by atoms with Crippen molar-refractivity contribution < 1.29 is 9.59 Å². The summed E-state index contributed by atoms with van der Waals surface area (Å²) in [6, 6.07) is 12.9. The van der Waals surface area contributed by atoms with Gasteiger partial charge in [-0.05, 0) is 42.8 Å². The number of carbonyl (C=O) groups is 2. The van der Waals surface area contributed by atoms with Crippen LogP contribution in [0.1, 0.15) is 20.9 Å². The predicted molar refractivity (Wildman–Crippen MR) is 118 cm³/mol. The van der Waals surface area contributed by atoms with Crippen LogP contribution in [0.3, 0.4) is 0 Å². The molecule has 7 nitrogen and oxygen atoms in total. The average Bonchev–Trinajstić information content (AvgIpc) is 3.30. The maximum Gasteiger partial charge on any atom is 0.261 e. The van der Waals surface area contributed by atoms with Crippen molar-refractivity contribution in [2.24, 2.45) is 0 Å². The highest BCUT2D eigenvalue weighted by Crippen LogP contribution is 2.29. The molecule has 0 unspecified atom stereocenters. The molecule has 0 fully saturated rings. The molecule has 0 radical (unpaired) electrons. The Kier molecular flexibility index (Phi) is 5.78. The van der Waals surface area contributed by atoms with Gasteiger partial charge in [0.2, 0.25) is 5.91 Å². The molecular formula is C21H18ClN5O2S. The van der Waals surface area contributed by atoms with Crippen molar-refractivity contribution in [1.82, 2.24) is 20.1 Å². The lowest BCUT2D eigenvalue weighted by Gasteiger charge is -2.05. The molecule has 2 N–H and O–H groups in total. The number of aryl methyl sites for hydroxylation is 1. The number of amides is 2. The molecule has 2 amide bonds. The van der Waals surface area contributed by atoms with E-state index in [0.717, 1.165) is 21.5 Å². The molecule has 1 aromatic carbocycles. The summed E-state index contributed by atoms with van der Waals surface area (Å²) in [5.41, 5.74) is 2.50. The number of carbonyl (C=O) groups excluding carboxylic acids is 2. The normalized spacial score (nSPS) is 10.9. The van der Waals surface area contributed by atoms with Crippen LogP contribution >= 0.6 is 22.9 Å². The first-order valence-electron chi connectivity index (χ1n) is 9.19. The zero-order valence-electron chi connectivity index (χ0n) is 16.1. The van der Waals surface area contributed by atoms with Crippen LogP contribution in [0.2, 0.25) is 5.02 Å². The molecule has 30 heavy (non-hydrogen) atoms. The number of anilines is 1. The number of rotatable bonds is 6. The number of hydrogen-bond donors (Lipinski definition) is 2. The van der Waals surface area contributed by atoms with Gasteiger partial charge in [-0.2, -0.15) is 5.10 Å². The molecule has 3 heterocycles. The first-order chi connectivity index (χ1) is 14.5. The number of fused-ring (bicyclic) bond motifs is 1. The minimum absolute atomic E-state index is 0.127. The van der Waals surface area contributed by atoms with E-state index in [0.29, 0.717) is 22.1 Å². The molecule has 0 aliphatic rings. The summed E-state index contributed by atoms with van der Waals surface area (Å²) >= 11 is 7.30. The highest BCUT2D eigenvalue weighted by molar-refractivity contribution is 7.20. The van der Waals surface area contributed by atoms with Gasteiger partial charge in [0.25, 0.3) is 5.91 Å². The number of hydrogen-bond acceptors (Lipinski definition) is 5. The summed E-state index contributed by atoms with van der Waals surface area (Å²) in [6.07, 6.45) is 3.16. The molecule has 0 aliphatic heterocycles. The van der Waals surface area contributed by atoms with Crippen LogP contribution in [0.5, 0.6) is 0 Å². The highest BCUT2D eigenvalue weighted by Gasteiger charge is 2.17. The smallest absolute Gasteiger partial charge is 0.261 e. The topological polar surface area (TPSA) is 88.9 Å². The van der Waals surface area contributed by atoms with Gasteiger partial charge in [-0.1, -0.05) is 23.7 Å². The van der Waals surface area contributed by atoms with Crippen LogP contribution in [0.15, 0.2) is 54.9 Å². The summed E-state index contributed by atoms with van der Waals surface area (Å²) < 4.78 is 1.88. The molecule has 0 saturated heterocycles. The Morgan fingerprint density at radius 2 is 2.00 bits per heavy atom. The summed E-state index contributed by atoms with van der Waals surface area (Å²) in [6.45, 7) is 2.37. The number of aromatic nitrogens is 3. The van der Waals surface area contributed by atoms with E-state index in [1.807, 2.05) is 41.9 Å². The van der Waals surface area contributed by atoms with Crippen molar-refractivity contribution in [3.05, 3.63) is 76.0 Å². The molecule has 9 heteroatoms. The van der Waals surface area contributed by atoms with E-state index in [2.05, 4.69) is 20.7 Å². The second kappa shape index (κ2) is 8.64. The maximum absolute atomic E-state index is 12.6. The highest BCUT2D eigenvalue weighted by atomic mass is 35.5. The maximum atomic E-state index is 12.6. The van der Waals surface area contributed by atoms with Crippen molar-refractivity contribution in [2.75, 3.05) is 11.9 Å². The summed E-state index contributed by atoms with van der Waals surface area (Å²) in [5, 5.41) is 11.5. The summed E-state index contributed by atoms with van der Waals surface area (Å²) in [4.78, 5) is 30.0. The Morgan fingerprint density at radius 1 is 1.20 bits per heavy atom. The monoisotopic (exact) mass is 439 g/mol. The third-order valence-electron chi connectivity index (χ3n) is 4.43. The molecule has 4 aromatic rings. The Morgan fingerprint density at radius 3 is 2.73 bits per heavy atom. The molecular weight excluding hydrogens is 422 g/mol. The molecule has 0 atom stereocenters. The summed E-state index contributed by atoms with van der Waals surface area (Å²) in [7, 11) is 0. The van der Waals surface area contributed by atoms with Crippen LogP contribution in [-0.4, -0.2) is 33.1 Å². The Hall–Kier alpha value is -3.23. The minimum Gasteiger partial charge on any atom is -0.342 e. The fourth-order valence-electron chi connectivity index (χ4n) is 2.98. The van der Waals surface area contributed by atoms with Gasteiger partial charge in [0.1, 0.15) is 4.83 Å². The van der Waals surface area contributed by atoms with E-state index in [1.54, 1.807) is 24.5 Å². The van der Waals surface area contributed by atoms with Gasteiger partial charge in [-0.15, -0.1) is 11.3 Å². The minimum atomic E-state index is -0.317. The Bertz CT molecular complexity index is 1200. The van der Waals surface area contributed by atoms with Crippen LogP contribution in [0.4, 0.5) is 5.69 Å². The third-order valence-corrected chi connectivity index (χ3v) is 5.83. The van der Waals surface area contributed by atoms with E-state index >= 15 is 0 Å². The lowest BCUT2D eigenvalue weighted by Crippen LogP contribution is -2.32. The van der Waals surface area contributed by atoms with Crippen molar-refractivity contribution in [2.45, 2.75) is 13.5 Å². The third kappa shape index (κ3) is 4.50. The van der Waals surface area contributed by atoms with Gasteiger partial charge >= 0.3 is 0 Å². The van der Waals surface area contributed by atoms with E-state index in [9.17, 15) is 9.59 Å². The standard InChI is InChI=1S/C21H18ClN5O2S/c1-13-17-9-18(20(29)24-11-19(28)25-16-3-2-8-23-10-16)30-21(17)27(26-13)12-14-4-6-15(22)7-5-14/h2-10H,11-12H2,1H3,(H,24,29)(H,25,28). The lowest BCUT2D eigenvalue weighted by atomic mass is 10.2. The van der Waals surface area contributed by atoms with Gasteiger partial charge in [-0.3, -0.25) is 19.3 Å². The van der Waals surface area contributed by atoms with Crippen molar-refractivity contribution >= 4 is 50.7 Å². The first-order valence-corrected chi connectivity index (χ1v) is 10.4. The number of thiophene rings is 1. The quantitative estimate of drug-likeness (QED) is 0.477. The molecule has 3 aromatic heterocycles. The first kappa shape index (κ1) is 20.1. The van der Waals surface area contributed by atoms with Gasteiger partial charge in [0.05, 0.1) is 35.5 Å². The fourth-order valence-corrected chi connectivity index (χ4v) is 4.19. The van der Waals surface area contributed by atoms with Crippen molar-refractivity contribution in [3.8, 4) is 0 Å². The van der Waals surface area contributed by atoms with Crippen molar-refractivity contribution in [3.63, 3.8) is 0 Å². The zero-order chi connectivity index (χ0) is 21.1. The number of nitrogens with one attached hydrogen (secondary N) is 2. The number of benzene rings is 1. The zero-order valence-corrected chi connectivity index (χ0v) is 17.6. The van der Waals surface area contributed by atoms with E-state index in [4.69, 9.17) is 11.6 Å². The van der Waals surface area contributed by atoms with E-state index in [-0.39, 0.29) is 18.4 Å². The summed E-state index contributed by atoms with van der Waals surface area (Å²) in [5.74, 6) is -0.613. The van der Waals surface area contributed by atoms with Crippen LogP contribution in [0.25, 0.3) is 10.2 Å². The Labute approximate surface area is 181 Å². The van der Waals surface area contributed by atoms with Crippen LogP contribution in [-0.2, 0) is 11.3 Å². The van der Waals surface area contributed by atoms with Crippen LogP contribution in [0, 0.1) is 6.92 Å². The molecule has 0 bridgehead atoms. The second-order valence-electron chi connectivity index (χ2n) is 6.67. The van der Waals surface area contributed by atoms with Gasteiger partial charge in [-0.25, -0.2) is 0 Å². The molecule has 4 rings (SSSR count). The Balaban J connectivity index is 1.44. The van der Waals surface area contributed by atoms with E-state index in [1.165, 1.54) is 11.3 Å². The van der Waals surface area contributed by atoms with Gasteiger partial charge in [0, 0.05) is 16.6 Å². The fraction of sp³-hybridized carbons (Fsp3) is 0.143. The molecule has 0 spiro atoms. The molecule has 0 aliphatic carbocycles. The molecule has 152 valence electrons. The molecule has 0 saturated carbocycles. The average molecular weight is 440 g/mol. The number of nitrogens with zero attached hydrogens (tertiary/aromatic N) is 3. The van der Waals surface area contributed by atoms with Gasteiger partial charge in [0.15, 0.2) is 0 Å². The lowest BCUT2D eigenvalue weighted by molar-refractivity contribution is -0.115. The van der Waals surface area contributed by atoms with E-state index < -0.39 is 0 Å². The number of pyridine rings is 1. The van der Waals surface area contributed by atoms with Crippen LogP contribution < -0.4 is 10.6 Å². The number of halogens is 1.